The number of unbranched alkanes of at least 4 members (excludes halogenated alkanes) is 6. The number of hydrogen-bond acceptors (Lipinski definition) is 6. The Labute approximate surface area is 133 Å². The zero-order valence-corrected chi connectivity index (χ0v) is 13.8. The standard InChI is InChI=1S/C16H28N4O2/c1-3-5-7-9-11-15(21,13-17)19-20-16(22,14-18)12-10-8-6-4-2/h21-22H,3-12H2,1-2H3/b20-19+. The third-order valence-corrected chi connectivity index (χ3v) is 3.50. The fourth-order valence-electron chi connectivity index (χ4n) is 2.02. The van der Waals surface area contributed by atoms with Crippen molar-refractivity contribution in [3.05, 3.63) is 0 Å². The molecule has 2 N–H and O–H groups in total. The first kappa shape index (κ1) is 20.5. The Hall–Kier alpha value is -1.50. The second kappa shape index (κ2) is 11.1. The highest BCUT2D eigenvalue weighted by Crippen LogP contribution is 2.22. The van der Waals surface area contributed by atoms with Gasteiger partial charge in [0.25, 0.3) is 11.4 Å². The van der Waals surface area contributed by atoms with Gasteiger partial charge in [-0.25, -0.2) is 0 Å². The van der Waals surface area contributed by atoms with Gasteiger partial charge in [-0.05, 0) is 12.8 Å². The first-order valence-electron chi connectivity index (χ1n) is 8.16. The number of aliphatic hydroxyl groups is 2. The highest BCUT2D eigenvalue weighted by Gasteiger charge is 2.30. The van der Waals surface area contributed by atoms with E-state index in [1.807, 2.05) is 0 Å². The van der Waals surface area contributed by atoms with Gasteiger partial charge in [0.15, 0.2) is 0 Å². The maximum Gasteiger partial charge on any atom is 0.264 e. The maximum absolute atomic E-state index is 10.0. The molecule has 0 aromatic carbocycles. The average Bonchev–Trinajstić information content (AvgIpc) is 2.54. The van der Waals surface area contributed by atoms with E-state index in [1.54, 1.807) is 12.1 Å². The van der Waals surface area contributed by atoms with Crippen LogP contribution in [0.3, 0.4) is 0 Å². The molecule has 0 heterocycles. The SMILES string of the molecule is CCCCCCC(O)(C#N)/N=N/C(O)(C#N)CCCCCC. The van der Waals surface area contributed by atoms with Crippen molar-refractivity contribution in [2.45, 2.75) is 89.5 Å². The zero-order chi connectivity index (χ0) is 16.9. The molecule has 0 aliphatic heterocycles. The van der Waals surface area contributed by atoms with Crippen LogP contribution in [0.2, 0.25) is 0 Å². The molecule has 22 heavy (non-hydrogen) atoms. The minimum Gasteiger partial charge on any atom is -0.357 e. The normalized spacial score (nSPS) is 16.6. The summed E-state index contributed by atoms with van der Waals surface area (Å²) in [4.78, 5) is 0. The van der Waals surface area contributed by atoms with Crippen molar-refractivity contribution in [1.29, 1.82) is 10.5 Å². The predicted molar refractivity (Wildman–Crippen MR) is 83.5 cm³/mol. The lowest BCUT2D eigenvalue weighted by atomic mass is 10.1. The van der Waals surface area contributed by atoms with Gasteiger partial charge < -0.3 is 10.2 Å². The molecule has 0 saturated carbocycles. The Morgan fingerprint density at radius 2 is 1.09 bits per heavy atom. The van der Waals surface area contributed by atoms with Crippen LogP contribution in [-0.2, 0) is 0 Å². The second-order valence-electron chi connectivity index (χ2n) is 5.68. The topological polar surface area (TPSA) is 113 Å². The van der Waals surface area contributed by atoms with Crippen molar-refractivity contribution in [1.82, 2.24) is 0 Å². The molecule has 0 radical (unpaired) electrons. The van der Waals surface area contributed by atoms with Gasteiger partial charge in [0, 0.05) is 12.8 Å². The summed E-state index contributed by atoms with van der Waals surface area (Å²) in [5.41, 5.74) is -3.91. The highest BCUT2D eigenvalue weighted by atomic mass is 16.3. The molecule has 2 unspecified atom stereocenters. The van der Waals surface area contributed by atoms with Gasteiger partial charge in [-0.1, -0.05) is 52.4 Å². The Balaban J connectivity index is 4.56. The van der Waals surface area contributed by atoms with Crippen molar-refractivity contribution in [2.24, 2.45) is 10.2 Å². The fraction of sp³-hybridized carbons (Fsp3) is 0.875. The van der Waals surface area contributed by atoms with Gasteiger partial charge in [0.05, 0.1) is 0 Å². The monoisotopic (exact) mass is 308 g/mol. The van der Waals surface area contributed by atoms with Crippen LogP contribution in [0.15, 0.2) is 10.2 Å². The number of rotatable bonds is 12. The molecule has 0 aliphatic carbocycles. The highest BCUT2D eigenvalue weighted by molar-refractivity contribution is 5.01. The van der Waals surface area contributed by atoms with E-state index >= 15 is 0 Å². The first-order chi connectivity index (χ1) is 10.4. The summed E-state index contributed by atoms with van der Waals surface area (Å²) in [7, 11) is 0. The molecular weight excluding hydrogens is 280 g/mol. The molecule has 124 valence electrons. The van der Waals surface area contributed by atoms with E-state index in [1.165, 1.54) is 0 Å². The van der Waals surface area contributed by atoms with Gasteiger partial charge >= 0.3 is 0 Å². The largest absolute Gasteiger partial charge is 0.357 e. The summed E-state index contributed by atoms with van der Waals surface area (Å²) < 4.78 is 0. The zero-order valence-electron chi connectivity index (χ0n) is 13.8. The predicted octanol–water partition coefficient (Wildman–Crippen LogP) is 3.80. The fourth-order valence-corrected chi connectivity index (χ4v) is 2.02. The Morgan fingerprint density at radius 3 is 1.36 bits per heavy atom. The van der Waals surface area contributed by atoms with Crippen LogP contribution in [0.25, 0.3) is 0 Å². The van der Waals surface area contributed by atoms with Crippen molar-refractivity contribution in [3.63, 3.8) is 0 Å². The molecular formula is C16H28N4O2. The number of azo groups is 1. The van der Waals surface area contributed by atoms with E-state index in [-0.39, 0.29) is 12.8 Å². The van der Waals surface area contributed by atoms with E-state index < -0.39 is 11.4 Å². The van der Waals surface area contributed by atoms with Crippen LogP contribution in [0.1, 0.15) is 78.1 Å². The van der Waals surface area contributed by atoms with E-state index in [0.717, 1.165) is 38.5 Å². The van der Waals surface area contributed by atoms with E-state index in [0.29, 0.717) is 12.8 Å². The molecule has 2 atom stereocenters. The van der Waals surface area contributed by atoms with E-state index in [2.05, 4.69) is 24.1 Å². The van der Waals surface area contributed by atoms with Gasteiger partial charge in [-0.2, -0.15) is 10.5 Å². The minimum absolute atomic E-state index is 0.157. The van der Waals surface area contributed by atoms with E-state index in [4.69, 9.17) is 10.5 Å². The maximum atomic E-state index is 10.0. The Kier molecular flexibility index (Phi) is 10.4. The third kappa shape index (κ3) is 8.71. The molecule has 0 aromatic heterocycles. The van der Waals surface area contributed by atoms with Crippen molar-refractivity contribution in [3.8, 4) is 12.1 Å². The van der Waals surface area contributed by atoms with Gasteiger partial charge in [0.1, 0.15) is 12.1 Å². The van der Waals surface area contributed by atoms with Crippen LogP contribution in [0, 0.1) is 22.7 Å². The summed E-state index contributed by atoms with van der Waals surface area (Å²) in [6.07, 6.45) is 7.57. The molecule has 0 saturated heterocycles. The van der Waals surface area contributed by atoms with Gasteiger partial charge in [-0.3, -0.25) is 0 Å². The van der Waals surface area contributed by atoms with Crippen molar-refractivity contribution < 1.29 is 10.2 Å². The second-order valence-corrected chi connectivity index (χ2v) is 5.68. The molecule has 0 aliphatic rings. The number of nitriles is 2. The molecule has 0 bridgehead atoms. The summed E-state index contributed by atoms with van der Waals surface area (Å²) >= 11 is 0. The first-order valence-corrected chi connectivity index (χ1v) is 8.16. The lowest BCUT2D eigenvalue weighted by molar-refractivity contribution is 0.0505. The van der Waals surface area contributed by atoms with Crippen LogP contribution in [-0.4, -0.2) is 21.7 Å². The molecule has 6 heteroatoms. The minimum atomic E-state index is -1.96. The lowest BCUT2D eigenvalue weighted by Gasteiger charge is -2.17. The van der Waals surface area contributed by atoms with Crippen LogP contribution >= 0.6 is 0 Å². The van der Waals surface area contributed by atoms with Crippen LogP contribution < -0.4 is 0 Å². The quantitative estimate of drug-likeness (QED) is 0.324. The van der Waals surface area contributed by atoms with Crippen LogP contribution in [0.4, 0.5) is 0 Å². The van der Waals surface area contributed by atoms with Crippen molar-refractivity contribution in [2.75, 3.05) is 0 Å². The molecule has 0 aromatic rings. The summed E-state index contributed by atoms with van der Waals surface area (Å²) in [5, 5.41) is 45.3. The van der Waals surface area contributed by atoms with Crippen molar-refractivity contribution >= 4 is 0 Å². The molecule has 6 nitrogen and oxygen atoms in total. The smallest absolute Gasteiger partial charge is 0.264 e. The molecule has 0 spiro atoms. The lowest BCUT2D eigenvalue weighted by Crippen LogP contribution is -2.28. The third-order valence-electron chi connectivity index (χ3n) is 3.50. The Morgan fingerprint density at radius 1 is 0.727 bits per heavy atom. The number of nitrogens with zero attached hydrogens (tertiary/aromatic N) is 4. The van der Waals surface area contributed by atoms with Gasteiger partial charge in [-0.15, -0.1) is 10.2 Å². The molecule has 0 rings (SSSR count). The number of hydrogen-bond donors (Lipinski definition) is 2. The Bertz CT molecular complexity index is 375. The van der Waals surface area contributed by atoms with E-state index in [9.17, 15) is 10.2 Å². The van der Waals surface area contributed by atoms with Crippen LogP contribution in [0.5, 0.6) is 0 Å². The molecule has 0 fully saturated rings. The summed E-state index contributed by atoms with van der Waals surface area (Å²) in [6, 6.07) is 3.41. The average molecular weight is 308 g/mol. The summed E-state index contributed by atoms with van der Waals surface area (Å²) in [5.74, 6) is 0. The van der Waals surface area contributed by atoms with Gasteiger partial charge in [0.2, 0.25) is 0 Å². The summed E-state index contributed by atoms with van der Waals surface area (Å²) in [6.45, 7) is 4.14. The molecule has 0 amide bonds.